The van der Waals surface area contributed by atoms with E-state index >= 15 is 0 Å². The standard InChI is InChI=1S/C19H22N2O3S/c1-13-8-10-15(11-9-13)20-19(23)14(2)25-12-18(22)21-16-6-4-5-7-17(16)24-3/h4-11,14H,12H2,1-3H3,(H,20,23)(H,21,22)/t14-/m1/s1. The number of nitrogens with one attached hydrogen (secondary N) is 2. The molecule has 1 atom stereocenters. The molecule has 2 aromatic rings. The Balaban J connectivity index is 1.82. The quantitative estimate of drug-likeness (QED) is 0.792. The number of anilines is 2. The van der Waals surface area contributed by atoms with Crippen LogP contribution in [0.4, 0.5) is 11.4 Å². The van der Waals surface area contributed by atoms with Gasteiger partial charge in [0.25, 0.3) is 0 Å². The van der Waals surface area contributed by atoms with Crippen LogP contribution in [0.1, 0.15) is 12.5 Å². The second-order valence-corrected chi connectivity index (χ2v) is 6.89. The molecule has 2 aromatic carbocycles. The van der Waals surface area contributed by atoms with Gasteiger partial charge in [0.1, 0.15) is 5.75 Å². The SMILES string of the molecule is COc1ccccc1NC(=O)CS[C@H](C)C(=O)Nc1ccc(C)cc1. The lowest BCUT2D eigenvalue weighted by Crippen LogP contribution is -2.25. The van der Waals surface area contributed by atoms with Crippen LogP contribution < -0.4 is 15.4 Å². The van der Waals surface area contributed by atoms with Crippen molar-refractivity contribution in [3.8, 4) is 5.75 Å². The van der Waals surface area contributed by atoms with Gasteiger partial charge in [-0.25, -0.2) is 0 Å². The van der Waals surface area contributed by atoms with E-state index in [-0.39, 0.29) is 22.8 Å². The lowest BCUT2D eigenvalue weighted by atomic mass is 10.2. The molecule has 5 nitrogen and oxygen atoms in total. The molecule has 2 N–H and O–H groups in total. The Hall–Kier alpha value is -2.47. The third kappa shape index (κ3) is 5.83. The van der Waals surface area contributed by atoms with E-state index in [4.69, 9.17) is 4.74 Å². The zero-order valence-electron chi connectivity index (χ0n) is 14.5. The van der Waals surface area contributed by atoms with Crippen LogP contribution in [-0.4, -0.2) is 29.9 Å². The highest BCUT2D eigenvalue weighted by Gasteiger charge is 2.16. The van der Waals surface area contributed by atoms with Crippen LogP contribution in [0.2, 0.25) is 0 Å². The molecule has 6 heteroatoms. The number of ether oxygens (including phenoxy) is 1. The van der Waals surface area contributed by atoms with Gasteiger partial charge in [0, 0.05) is 5.69 Å². The second-order valence-electron chi connectivity index (χ2n) is 5.56. The molecular formula is C19H22N2O3S. The predicted octanol–water partition coefficient (Wildman–Crippen LogP) is 3.70. The number of amides is 2. The van der Waals surface area contributed by atoms with E-state index in [2.05, 4.69) is 10.6 Å². The number of benzene rings is 2. The lowest BCUT2D eigenvalue weighted by Gasteiger charge is -2.13. The molecular weight excluding hydrogens is 336 g/mol. The van der Waals surface area contributed by atoms with Crippen LogP contribution in [0.15, 0.2) is 48.5 Å². The molecule has 2 rings (SSSR count). The summed E-state index contributed by atoms with van der Waals surface area (Å²) in [5, 5.41) is 5.30. The van der Waals surface area contributed by atoms with Crippen molar-refractivity contribution < 1.29 is 14.3 Å². The molecule has 0 aliphatic carbocycles. The maximum atomic E-state index is 12.2. The van der Waals surface area contributed by atoms with Gasteiger partial charge in [-0.3, -0.25) is 9.59 Å². The number of hydrogen-bond acceptors (Lipinski definition) is 4. The summed E-state index contributed by atoms with van der Waals surface area (Å²) in [6.45, 7) is 3.77. The van der Waals surface area contributed by atoms with Gasteiger partial charge in [-0.2, -0.15) is 0 Å². The average Bonchev–Trinajstić information content (AvgIpc) is 2.62. The first-order valence-electron chi connectivity index (χ1n) is 7.91. The van der Waals surface area contributed by atoms with E-state index in [9.17, 15) is 9.59 Å². The molecule has 0 unspecified atom stereocenters. The summed E-state index contributed by atoms with van der Waals surface area (Å²) < 4.78 is 5.20. The molecule has 0 saturated carbocycles. The molecule has 0 fully saturated rings. The number of carbonyl (C=O) groups is 2. The number of para-hydroxylation sites is 2. The van der Waals surface area contributed by atoms with Crippen LogP contribution in [0, 0.1) is 6.92 Å². The van der Waals surface area contributed by atoms with Gasteiger partial charge in [0.05, 0.1) is 23.8 Å². The summed E-state index contributed by atoms with van der Waals surface area (Å²) in [6, 6.07) is 14.8. The molecule has 25 heavy (non-hydrogen) atoms. The fourth-order valence-corrected chi connectivity index (χ4v) is 2.78. The Morgan fingerprint density at radius 1 is 1.08 bits per heavy atom. The Bertz CT molecular complexity index is 732. The maximum absolute atomic E-state index is 12.2. The Kier molecular flexibility index (Phi) is 6.89. The smallest absolute Gasteiger partial charge is 0.237 e. The molecule has 0 aliphatic heterocycles. The third-order valence-electron chi connectivity index (χ3n) is 3.53. The van der Waals surface area contributed by atoms with Crippen LogP contribution >= 0.6 is 11.8 Å². The van der Waals surface area contributed by atoms with Gasteiger partial charge < -0.3 is 15.4 Å². The minimum Gasteiger partial charge on any atom is -0.495 e. The maximum Gasteiger partial charge on any atom is 0.237 e. The minimum atomic E-state index is -0.343. The summed E-state index contributed by atoms with van der Waals surface area (Å²) >= 11 is 1.28. The number of aryl methyl sites for hydroxylation is 1. The van der Waals surface area contributed by atoms with Gasteiger partial charge in [-0.15, -0.1) is 11.8 Å². The number of rotatable bonds is 7. The summed E-state index contributed by atoms with van der Waals surface area (Å²) in [5.74, 6) is 0.481. The van der Waals surface area contributed by atoms with Crippen molar-refractivity contribution in [2.45, 2.75) is 19.1 Å². The topological polar surface area (TPSA) is 67.4 Å². The Morgan fingerprint density at radius 3 is 2.44 bits per heavy atom. The molecule has 0 radical (unpaired) electrons. The molecule has 0 spiro atoms. The predicted molar refractivity (Wildman–Crippen MR) is 103 cm³/mol. The van der Waals surface area contributed by atoms with E-state index in [1.54, 1.807) is 26.2 Å². The summed E-state index contributed by atoms with van der Waals surface area (Å²) in [7, 11) is 1.55. The number of carbonyl (C=O) groups excluding carboxylic acids is 2. The molecule has 132 valence electrons. The molecule has 0 heterocycles. The van der Waals surface area contributed by atoms with Crippen molar-refractivity contribution in [3.05, 3.63) is 54.1 Å². The number of methoxy groups -OCH3 is 1. The summed E-state index contributed by atoms with van der Waals surface area (Å²) in [4.78, 5) is 24.3. The van der Waals surface area contributed by atoms with Crippen LogP contribution in [0.5, 0.6) is 5.75 Å². The Morgan fingerprint density at radius 2 is 1.76 bits per heavy atom. The van der Waals surface area contributed by atoms with Crippen LogP contribution in [0.25, 0.3) is 0 Å². The highest BCUT2D eigenvalue weighted by molar-refractivity contribution is 8.01. The van der Waals surface area contributed by atoms with Gasteiger partial charge >= 0.3 is 0 Å². The van der Waals surface area contributed by atoms with Crippen molar-refractivity contribution in [1.82, 2.24) is 0 Å². The second kappa shape index (κ2) is 9.13. The molecule has 0 aliphatic rings. The van der Waals surface area contributed by atoms with Crippen molar-refractivity contribution in [2.75, 3.05) is 23.5 Å². The average molecular weight is 358 g/mol. The first-order valence-corrected chi connectivity index (χ1v) is 8.96. The van der Waals surface area contributed by atoms with E-state index in [0.29, 0.717) is 11.4 Å². The number of thioether (sulfide) groups is 1. The molecule has 2 amide bonds. The van der Waals surface area contributed by atoms with E-state index < -0.39 is 0 Å². The zero-order valence-corrected chi connectivity index (χ0v) is 15.4. The third-order valence-corrected chi connectivity index (χ3v) is 4.68. The van der Waals surface area contributed by atoms with Crippen molar-refractivity contribution >= 4 is 35.0 Å². The largest absolute Gasteiger partial charge is 0.495 e. The van der Waals surface area contributed by atoms with Crippen LogP contribution in [-0.2, 0) is 9.59 Å². The van der Waals surface area contributed by atoms with Crippen molar-refractivity contribution in [3.63, 3.8) is 0 Å². The fraction of sp³-hybridized carbons (Fsp3) is 0.263. The highest BCUT2D eigenvalue weighted by atomic mass is 32.2. The fourth-order valence-electron chi connectivity index (χ4n) is 2.09. The first kappa shape index (κ1) is 18.9. The number of hydrogen-bond donors (Lipinski definition) is 2. The van der Waals surface area contributed by atoms with Gasteiger partial charge in [0.2, 0.25) is 11.8 Å². The lowest BCUT2D eigenvalue weighted by molar-refractivity contribution is -0.115. The van der Waals surface area contributed by atoms with Gasteiger partial charge in [0.15, 0.2) is 0 Å². The summed E-state index contributed by atoms with van der Waals surface area (Å²) in [6.07, 6.45) is 0. The molecule has 0 saturated heterocycles. The van der Waals surface area contributed by atoms with Crippen molar-refractivity contribution in [1.29, 1.82) is 0 Å². The van der Waals surface area contributed by atoms with Gasteiger partial charge in [-0.05, 0) is 38.1 Å². The monoisotopic (exact) mass is 358 g/mol. The highest BCUT2D eigenvalue weighted by Crippen LogP contribution is 2.23. The van der Waals surface area contributed by atoms with E-state index in [1.807, 2.05) is 43.3 Å². The van der Waals surface area contributed by atoms with Crippen LogP contribution in [0.3, 0.4) is 0 Å². The normalized spacial score (nSPS) is 11.5. The molecule has 0 aromatic heterocycles. The first-order chi connectivity index (χ1) is 12.0. The summed E-state index contributed by atoms with van der Waals surface area (Å²) in [5.41, 5.74) is 2.50. The zero-order chi connectivity index (χ0) is 18.2. The van der Waals surface area contributed by atoms with E-state index in [0.717, 1.165) is 11.3 Å². The van der Waals surface area contributed by atoms with Gasteiger partial charge in [-0.1, -0.05) is 29.8 Å². The van der Waals surface area contributed by atoms with Crippen molar-refractivity contribution in [2.24, 2.45) is 0 Å². The van der Waals surface area contributed by atoms with E-state index in [1.165, 1.54) is 11.8 Å². The minimum absolute atomic E-state index is 0.126. The Labute approximate surface area is 152 Å². The molecule has 0 bridgehead atoms.